The van der Waals surface area contributed by atoms with Gasteiger partial charge in [0.1, 0.15) is 35.8 Å². The first-order valence-electron chi connectivity index (χ1n) is 20.5. The summed E-state index contributed by atoms with van der Waals surface area (Å²) in [6.07, 6.45) is 4.09. The Morgan fingerprint density at radius 3 is 2.08 bits per heavy atom. The van der Waals surface area contributed by atoms with Crippen molar-refractivity contribution in [2.45, 2.75) is 90.5 Å². The molecule has 0 radical (unpaired) electrons. The van der Waals surface area contributed by atoms with Crippen LogP contribution in [-0.2, 0) is 24.1 Å². The minimum absolute atomic E-state index is 0.103. The smallest absolute Gasteiger partial charge is 0.259 e. The Hall–Kier alpha value is -5.00. The van der Waals surface area contributed by atoms with Gasteiger partial charge in [0.2, 0.25) is 0 Å². The molecule has 0 amide bonds. The summed E-state index contributed by atoms with van der Waals surface area (Å²) >= 11 is 0. The Kier molecular flexibility index (Phi) is 15.6. The van der Waals surface area contributed by atoms with Crippen molar-refractivity contribution in [2.75, 3.05) is 40.5 Å². The zero-order chi connectivity index (χ0) is 42.6. The third kappa shape index (κ3) is 9.95. The van der Waals surface area contributed by atoms with Gasteiger partial charge in [-0.1, -0.05) is 54.6 Å². The van der Waals surface area contributed by atoms with Gasteiger partial charge >= 0.3 is 0 Å². The van der Waals surface area contributed by atoms with Gasteiger partial charge in [-0.25, -0.2) is 24.6 Å². The zero-order valence-corrected chi connectivity index (χ0v) is 36.7. The summed E-state index contributed by atoms with van der Waals surface area (Å²) < 4.78 is 43.2. The third-order valence-electron chi connectivity index (χ3n) is 10.5. The molecule has 1 fully saturated rings. The fourth-order valence-electron chi connectivity index (χ4n) is 7.49. The molecule has 6 rings (SSSR count). The van der Waals surface area contributed by atoms with Crippen molar-refractivity contribution in [3.8, 4) is 17.6 Å². The molecule has 15 heteroatoms. The summed E-state index contributed by atoms with van der Waals surface area (Å²) in [6.45, 7) is 14.6. The number of rotatable bonds is 21. The molecule has 3 heterocycles. The van der Waals surface area contributed by atoms with Crippen LogP contribution >= 0.6 is 8.53 Å². The molecular formula is C45H57N8O6P. The van der Waals surface area contributed by atoms with Gasteiger partial charge in [-0.2, -0.15) is 5.26 Å². The van der Waals surface area contributed by atoms with Crippen molar-refractivity contribution >= 4 is 31.8 Å². The number of hydrogen-bond donors (Lipinski definition) is 0. The summed E-state index contributed by atoms with van der Waals surface area (Å²) in [5, 5.41) is 9.42. The molecule has 5 aromatic rings. The molecule has 4 atom stereocenters. The van der Waals surface area contributed by atoms with Crippen molar-refractivity contribution in [1.29, 1.82) is 5.26 Å². The van der Waals surface area contributed by atoms with Crippen LogP contribution in [0.15, 0.2) is 96.5 Å². The van der Waals surface area contributed by atoms with E-state index in [1.807, 2.05) is 71.3 Å². The number of aliphatic imine (C=N–C) groups is 1. The molecule has 0 aliphatic carbocycles. The predicted octanol–water partition coefficient (Wildman–Crippen LogP) is 8.80. The Morgan fingerprint density at radius 2 is 1.52 bits per heavy atom. The van der Waals surface area contributed by atoms with Gasteiger partial charge in [-0.05, 0) is 82.5 Å². The minimum atomic E-state index is -1.62. The molecule has 2 aromatic heterocycles. The second-order valence-electron chi connectivity index (χ2n) is 14.9. The van der Waals surface area contributed by atoms with E-state index >= 15 is 0 Å². The molecule has 0 spiro atoms. The quantitative estimate of drug-likeness (QED) is 0.0229. The van der Waals surface area contributed by atoms with Gasteiger partial charge in [-0.15, -0.1) is 0 Å². The van der Waals surface area contributed by atoms with Crippen LogP contribution in [0.1, 0.15) is 77.3 Å². The maximum absolute atomic E-state index is 9.42. The normalized spacial score (nSPS) is 17.5. The molecule has 0 saturated carbocycles. The Balaban J connectivity index is 1.43. The van der Waals surface area contributed by atoms with Gasteiger partial charge in [0, 0.05) is 31.6 Å². The van der Waals surface area contributed by atoms with Crippen LogP contribution in [0.5, 0.6) is 11.5 Å². The van der Waals surface area contributed by atoms with Gasteiger partial charge in [0.25, 0.3) is 8.53 Å². The minimum Gasteiger partial charge on any atom is -0.497 e. The molecule has 1 saturated heterocycles. The summed E-state index contributed by atoms with van der Waals surface area (Å²) in [4.78, 5) is 20.6. The Bertz CT molecular complexity index is 2100. The maximum atomic E-state index is 9.42. The van der Waals surface area contributed by atoms with Gasteiger partial charge in [0.05, 0.1) is 58.7 Å². The highest BCUT2D eigenvalue weighted by molar-refractivity contribution is 7.44. The number of nitrogens with zero attached hydrogens (tertiary/aromatic N) is 8. The number of ether oxygens (including phenoxy) is 4. The number of hydrogen-bond acceptors (Lipinski definition) is 12. The lowest BCUT2D eigenvalue weighted by atomic mass is 9.80. The summed E-state index contributed by atoms with van der Waals surface area (Å²) in [5.74, 6) is 1.93. The van der Waals surface area contributed by atoms with Crippen LogP contribution in [-0.4, -0.2) is 100 Å². The van der Waals surface area contributed by atoms with E-state index in [9.17, 15) is 5.26 Å². The molecule has 60 heavy (non-hydrogen) atoms. The highest BCUT2D eigenvalue weighted by Gasteiger charge is 2.45. The van der Waals surface area contributed by atoms with E-state index < -0.39 is 32.6 Å². The predicted molar refractivity (Wildman–Crippen MR) is 233 cm³/mol. The highest BCUT2D eigenvalue weighted by Crippen LogP contribution is 2.51. The number of imidazole rings is 1. The van der Waals surface area contributed by atoms with Gasteiger partial charge in [-0.3, -0.25) is 4.57 Å². The molecule has 1 unspecified atom stereocenters. The van der Waals surface area contributed by atoms with Crippen LogP contribution in [0, 0.1) is 11.3 Å². The fraction of sp³-hybridized carbons (Fsp3) is 0.444. The standard InChI is InChI=1S/C45H57N8O6P/c1-9-51(10-2)30-50-43-42-44(48-29-47-43)52(31-49-42)41-27-39(59-60(57-26-14-25-46)53(32(3)4)33(5)6)40(58-41)28-56-45(34-15-12-11-13-16-34,35-17-21-37(54-7)22-18-35)36-19-23-38(55-8)24-20-36/h11-13,15-24,29-33,39-41H,9-10,14,26-28H2,1-8H3/b50-30-/t39-,40-,41-,60?/m1/s1. The summed E-state index contributed by atoms with van der Waals surface area (Å²) in [5.41, 5.74) is 2.79. The maximum Gasteiger partial charge on any atom is 0.259 e. The molecule has 0 N–H and O–H groups in total. The number of nitriles is 1. The van der Waals surface area contributed by atoms with E-state index in [4.69, 9.17) is 33.0 Å². The van der Waals surface area contributed by atoms with Gasteiger partial charge in [0.15, 0.2) is 17.0 Å². The lowest BCUT2D eigenvalue weighted by Gasteiger charge is -2.39. The molecule has 318 valence electrons. The zero-order valence-electron chi connectivity index (χ0n) is 35.8. The average molecular weight is 837 g/mol. The number of fused-ring (bicyclic) bond motifs is 1. The van der Waals surface area contributed by atoms with Crippen molar-refractivity contribution in [2.24, 2.45) is 4.99 Å². The summed E-state index contributed by atoms with van der Waals surface area (Å²) in [7, 11) is 1.69. The van der Waals surface area contributed by atoms with Gasteiger partial charge < -0.3 is 32.9 Å². The van der Waals surface area contributed by atoms with Crippen molar-refractivity contribution < 1.29 is 28.0 Å². The average Bonchev–Trinajstić information content (AvgIpc) is 3.89. The van der Waals surface area contributed by atoms with Crippen molar-refractivity contribution in [3.63, 3.8) is 0 Å². The third-order valence-corrected chi connectivity index (χ3v) is 12.7. The number of benzene rings is 3. The monoisotopic (exact) mass is 836 g/mol. The molecule has 1 aliphatic heterocycles. The van der Waals surface area contributed by atoms with Crippen molar-refractivity contribution in [1.82, 2.24) is 29.1 Å². The number of aromatic nitrogens is 4. The van der Waals surface area contributed by atoms with Crippen molar-refractivity contribution in [3.05, 3.63) is 108 Å². The van der Waals surface area contributed by atoms with Crippen LogP contribution in [0.25, 0.3) is 11.2 Å². The van der Waals surface area contributed by atoms with Crippen LogP contribution in [0.2, 0.25) is 0 Å². The van der Waals surface area contributed by atoms with E-state index in [1.54, 1.807) is 26.9 Å². The second kappa shape index (κ2) is 21.0. The first kappa shape index (κ1) is 44.5. The van der Waals surface area contributed by atoms with E-state index in [0.29, 0.717) is 23.4 Å². The second-order valence-corrected chi connectivity index (χ2v) is 16.3. The molecule has 3 aromatic carbocycles. The SMILES string of the molecule is CCN(/C=N\c1ncnc2c1ncn2[C@H]1C[C@@H](OP(OCCC#N)N(C(C)C)C(C)C)[C@@H](COC(c2ccccc2)(c2ccc(OC)cc2)c2ccc(OC)cc2)O1)CC. The van der Waals surface area contributed by atoms with E-state index in [1.165, 1.54) is 6.33 Å². The first-order valence-corrected chi connectivity index (χ1v) is 21.6. The van der Waals surface area contributed by atoms with Crippen LogP contribution in [0.4, 0.5) is 5.82 Å². The highest BCUT2D eigenvalue weighted by atomic mass is 31.2. The molecule has 0 bridgehead atoms. The van der Waals surface area contributed by atoms with E-state index in [0.717, 1.165) is 41.3 Å². The number of methoxy groups -OCH3 is 2. The molecular weight excluding hydrogens is 780 g/mol. The topological polar surface area (TPSA) is 142 Å². The largest absolute Gasteiger partial charge is 0.497 e. The van der Waals surface area contributed by atoms with E-state index in [-0.39, 0.29) is 31.7 Å². The Morgan fingerprint density at radius 1 is 0.900 bits per heavy atom. The summed E-state index contributed by atoms with van der Waals surface area (Å²) in [6, 6.07) is 28.5. The molecule has 1 aliphatic rings. The van der Waals surface area contributed by atoms with Crippen LogP contribution < -0.4 is 9.47 Å². The first-order chi connectivity index (χ1) is 29.2. The molecule has 14 nitrogen and oxygen atoms in total. The lowest BCUT2D eigenvalue weighted by Crippen LogP contribution is -2.39. The van der Waals surface area contributed by atoms with Crippen LogP contribution in [0.3, 0.4) is 0 Å². The Labute approximate surface area is 355 Å². The lowest BCUT2D eigenvalue weighted by molar-refractivity contribution is -0.0912. The van der Waals surface area contributed by atoms with E-state index in [2.05, 4.69) is 84.3 Å². The fourth-order valence-corrected chi connectivity index (χ4v) is 9.25.